The van der Waals surface area contributed by atoms with Gasteiger partial charge in [0.2, 0.25) is 0 Å². The standard InChI is InChI=1S/C22H28N6O4/c1-5-28-13-14(11-24-28)10-17(27-21(31)32-22(2,3)4)19-23-12-18(26-19)15-6-8-16(9-7-15)25-20(29)30/h6-9,11-13,17,25H,5,10H2,1-4H3,(H,23,26)(H,27,31)(H,29,30). The zero-order valence-corrected chi connectivity index (χ0v) is 18.5. The molecule has 4 N–H and O–H groups in total. The summed E-state index contributed by atoms with van der Waals surface area (Å²) in [6.45, 7) is 8.17. The van der Waals surface area contributed by atoms with Crippen molar-refractivity contribution in [2.75, 3.05) is 5.32 Å². The number of carbonyl (C=O) groups is 2. The van der Waals surface area contributed by atoms with Gasteiger partial charge in [-0.1, -0.05) is 12.1 Å². The number of nitrogens with zero attached hydrogens (tertiary/aromatic N) is 3. The van der Waals surface area contributed by atoms with Gasteiger partial charge in [0.25, 0.3) is 0 Å². The van der Waals surface area contributed by atoms with Crippen LogP contribution in [0, 0.1) is 0 Å². The summed E-state index contributed by atoms with van der Waals surface area (Å²) in [5.74, 6) is 0.572. The number of hydrogen-bond donors (Lipinski definition) is 4. The van der Waals surface area contributed by atoms with Crippen LogP contribution in [0.2, 0.25) is 0 Å². The number of nitrogens with one attached hydrogen (secondary N) is 3. The zero-order chi connectivity index (χ0) is 23.3. The van der Waals surface area contributed by atoms with Crippen LogP contribution in [0.4, 0.5) is 15.3 Å². The number of rotatable bonds is 7. The van der Waals surface area contributed by atoms with Gasteiger partial charge in [0.15, 0.2) is 0 Å². The number of H-pyrrole nitrogens is 1. The lowest BCUT2D eigenvalue weighted by molar-refractivity contribution is 0.0501. The largest absolute Gasteiger partial charge is 0.465 e. The van der Waals surface area contributed by atoms with Gasteiger partial charge in [-0.05, 0) is 51.0 Å². The van der Waals surface area contributed by atoms with Gasteiger partial charge in [-0.2, -0.15) is 5.10 Å². The van der Waals surface area contributed by atoms with Crippen molar-refractivity contribution in [3.8, 4) is 11.3 Å². The van der Waals surface area contributed by atoms with Gasteiger partial charge >= 0.3 is 12.2 Å². The number of aromatic amines is 1. The van der Waals surface area contributed by atoms with Gasteiger partial charge in [-0.25, -0.2) is 14.6 Å². The highest BCUT2D eigenvalue weighted by Crippen LogP contribution is 2.23. The summed E-state index contributed by atoms with van der Waals surface area (Å²) in [6, 6.07) is 6.44. The lowest BCUT2D eigenvalue weighted by atomic mass is 10.1. The number of aromatic nitrogens is 4. The Morgan fingerprint density at radius 2 is 1.94 bits per heavy atom. The molecule has 0 aliphatic carbocycles. The molecule has 1 aromatic carbocycles. The Labute approximate surface area is 186 Å². The Bertz CT molecular complexity index is 1060. The van der Waals surface area contributed by atoms with Gasteiger partial charge in [0.1, 0.15) is 11.4 Å². The predicted molar refractivity (Wildman–Crippen MR) is 119 cm³/mol. The molecule has 10 nitrogen and oxygen atoms in total. The molecule has 0 saturated heterocycles. The van der Waals surface area contributed by atoms with E-state index in [9.17, 15) is 9.59 Å². The molecule has 3 aromatic rings. The van der Waals surface area contributed by atoms with E-state index in [1.165, 1.54) is 0 Å². The van der Waals surface area contributed by atoms with E-state index < -0.39 is 23.8 Å². The molecule has 2 aromatic heterocycles. The molecule has 32 heavy (non-hydrogen) atoms. The van der Waals surface area contributed by atoms with E-state index in [1.54, 1.807) is 57.4 Å². The average Bonchev–Trinajstić information content (AvgIpc) is 3.35. The number of imidazole rings is 1. The first-order chi connectivity index (χ1) is 15.1. The van der Waals surface area contributed by atoms with Crippen LogP contribution in [0.25, 0.3) is 11.3 Å². The van der Waals surface area contributed by atoms with Crippen molar-refractivity contribution in [1.82, 2.24) is 25.1 Å². The Morgan fingerprint density at radius 1 is 1.22 bits per heavy atom. The van der Waals surface area contributed by atoms with Crippen LogP contribution in [0.1, 0.15) is 45.1 Å². The molecule has 170 valence electrons. The number of amides is 2. The van der Waals surface area contributed by atoms with Crippen molar-refractivity contribution in [2.24, 2.45) is 0 Å². The second kappa shape index (κ2) is 9.54. The van der Waals surface area contributed by atoms with E-state index in [0.29, 0.717) is 17.9 Å². The topological polar surface area (TPSA) is 134 Å². The number of ether oxygens (including phenoxy) is 1. The lowest BCUT2D eigenvalue weighted by Crippen LogP contribution is -2.36. The molecular formula is C22H28N6O4. The third-order valence-electron chi connectivity index (χ3n) is 4.51. The molecule has 1 atom stereocenters. The molecule has 0 bridgehead atoms. The number of carbonyl (C=O) groups excluding carboxylic acids is 1. The average molecular weight is 441 g/mol. The monoisotopic (exact) mass is 440 g/mol. The van der Waals surface area contributed by atoms with Gasteiger partial charge in [0.05, 0.1) is 24.1 Å². The summed E-state index contributed by atoms with van der Waals surface area (Å²) in [4.78, 5) is 30.9. The fraction of sp³-hybridized carbons (Fsp3) is 0.364. The Balaban J connectivity index is 1.81. The van der Waals surface area contributed by atoms with Crippen LogP contribution in [0.3, 0.4) is 0 Å². The summed E-state index contributed by atoms with van der Waals surface area (Å²) in [7, 11) is 0. The fourth-order valence-corrected chi connectivity index (χ4v) is 3.10. The second-order valence-electron chi connectivity index (χ2n) is 8.30. The Morgan fingerprint density at radius 3 is 2.53 bits per heavy atom. The molecule has 0 radical (unpaired) electrons. The molecule has 0 fully saturated rings. The minimum absolute atomic E-state index is 0.457. The van der Waals surface area contributed by atoms with E-state index in [4.69, 9.17) is 9.84 Å². The molecule has 0 aliphatic heterocycles. The second-order valence-corrected chi connectivity index (χ2v) is 8.30. The molecule has 0 aliphatic rings. The summed E-state index contributed by atoms with van der Waals surface area (Å²) in [5, 5.41) is 18.3. The molecule has 0 spiro atoms. The van der Waals surface area contributed by atoms with Crippen LogP contribution >= 0.6 is 0 Å². The molecule has 0 saturated carbocycles. The summed E-state index contributed by atoms with van der Waals surface area (Å²) in [6.07, 6.45) is 4.20. The first-order valence-electron chi connectivity index (χ1n) is 10.3. The number of anilines is 1. The number of benzene rings is 1. The minimum Gasteiger partial charge on any atom is -0.465 e. The number of carboxylic acid groups (broad SMARTS) is 1. The van der Waals surface area contributed by atoms with Gasteiger partial charge in [-0.15, -0.1) is 0 Å². The van der Waals surface area contributed by atoms with Gasteiger partial charge in [0, 0.05) is 24.8 Å². The number of aryl methyl sites for hydroxylation is 1. The maximum atomic E-state index is 12.4. The van der Waals surface area contributed by atoms with Crippen LogP contribution in [-0.4, -0.2) is 42.6 Å². The minimum atomic E-state index is -1.12. The maximum absolute atomic E-state index is 12.4. The first-order valence-corrected chi connectivity index (χ1v) is 10.3. The van der Waals surface area contributed by atoms with Gasteiger partial charge < -0.3 is 20.1 Å². The molecular weight excluding hydrogens is 412 g/mol. The maximum Gasteiger partial charge on any atom is 0.409 e. The summed E-state index contributed by atoms with van der Waals surface area (Å²) in [5.41, 5.74) is 2.37. The van der Waals surface area contributed by atoms with E-state index >= 15 is 0 Å². The van der Waals surface area contributed by atoms with Crippen molar-refractivity contribution in [2.45, 2.75) is 52.3 Å². The quantitative estimate of drug-likeness (QED) is 0.435. The number of alkyl carbamates (subject to hydrolysis) is 1. The highest BCUT2D eigenvalue weighted by molar-refractivity contribution is 5.83. The molecule has 3 rings (SSSR count). The third kappa shape index (κ3) is 6.34. The van der Waals surface area contributed by atoms with Crippen molar-refractivity contribution >= 4 is 17.9 Å². The first kappa shape index (κ1) is 22.9. The van der Waals surface area contributed by atoms with Crippen LogP contribution in [0.5, 0.6) is 0 Å². The zero-order valence-electron chi connectivity index (χ0n) is 18.5. The summed E-state index contributed by atoms with van der Waals surface area (Å²) >= 11 is 0. The highest BCUT2D eigenvalue weighted by Gasteiger charge is 2.23. The van der Waals surface area contributed by atoms with Gasteiger partial charge in [-0.3, -0.25) is 10.00 Å². The lowest BCUT2D eigenvalue weighted by Gasteiger charge is -2.22. The van der Waals surface area contributed by atoms with Crippen molar-refractivity contribution in [3.63, 3.8) is 0 Å². The Kier molecular flexibility index (Phi) is 6.82. The van der Waals surface area contributed by atoms with Crippen LogP contribution in [-0.2, 0) is 17.7 Å². The molecule has 1 unspecified atom stereocenters. The van der Waals surface area contributed by atoms with E-state index in [0.717, 1.165) is 23.4 Å². The van der Waals surface area contributed by atoms with Crippen molar-refractivity contribution in [3.05, 3.63) is 54.2 Å². The molecule has 2 amide bonds. The van der Waals surface area contributed by atoms with Crippen LogP contribution in [0.15, 0.2) is 42.9 Å². The Hall–Kier alpha value is -3.82. The van der Waals surface area contributed by atoms with E-state index in [1.807, 2.05) is 17.8 Å². The SMILES string of the molecule is CCn1cc(CC(NC(=O)OC(C)(C)C)c2ncc(-c3ccc(NC(=O)O)cc3)[nH]2)cn1. The predicted octanol–water partition coefficient (Wildman–Crippen LogP) is 4.19. The normalized spacial score (nSPS) is 12.2. The smallest absolute Gasteiger partial charge is 0.409 e. The fourth-order valence-electron chi connectivity index (χ4n) is 3.10. The van der Waals surface area contributed by atoms with E-state index in [2.05, 4.69) is 25.7 Å². The van der Waals surface area contributed by atoms with Crippen LogP contribution < -0.4 is 10.6 Å². The highest BCUT2D eigenvalue weighted by atomic mass is 16.6. The van der Waals surface area contributed by atoms with Crippen molar-refractivity contribution < 1.29 is 19.4 Å². The number of hydrogen-bond acceptors (Lipinski definition) is 5. The molecule has 2 heterocycles. The van der Waals surface area contributed by atoms with Crippen molar-refractivity contribution in [1.29, 1.82) is 0 Å². The molecule has 10 heteroatoms. The van der Waals surface area contributed by atoms with E-state index in [-0.39, 0.29) is 0 Å². The summed E-state index contributed by atoms with van der Waals surface area (Å²) < 4.78 is 7.24. The third-order valence-corrected chi connectivity index (χ3v) is 4.51.